The molecule has 6 heteroatoms. The van der Waals surface area contributed by atoms with Crippen LogP contribution in [0.25, 0.3) is 0 Å². The van der Waals surface area contributed by atoms with Gasteiger partial charge in [0.15, 0.2) is 0 Å². The number of nitrogens with two attached hydrogens (primary N) is 1. The quantitative estimate of drug-likeness (QED) is 0.730. The van der Waals surface area contributed by atoms with E-state index in [1.807, 2.05) is 31.3 Å². The van der Waals surface area contributed by atoms with Crippen molar-refractivity contribution in [2.75, 3.05) is 36.9 Å². The highest BCUT2D eigenvalue weighted by molar-refractivity contribution is 5.94. The minimum Gasteiger partial charge on any atom is -0.370 e. The number of carbonyl (C=O) groups is 2. The fourth-order valence-electron chi connectivity index (χ4n) is 2.71. The minimum absolute atomic E-state index is 0.00572. The molecule has 1 saturated heterocycles. The Balaban J connectivity index is 2.02. The van der Waals surface area contributed by atoms with Crippen LogP contribution in [0.3, 0.4) is 0 Å². The second-order valence-electron chi connectivity index (χ2n) is 5.58. The number of nitrogens with zero attached hydrogens (tertiary/aromatic N) is 1. The Morgan fingerprint density at radius 2 is 1.95 bits per heavy atom. The lowest BCUT2D eigenvalue weighted by Gasteiger charge is -2.33. The predicted molar refractivity (Wildman–Crippen MR) is 87.7 cm³/mol. The molecule has 0 aliphatic carbocycles. The molecule has 1 heterocycles. The standard InChI is InChI=1S/C16H24N4O2/c1-18-9-6-15(21)19-13-4-2-3-5-14(13)20-10-7-12(8-11-20)16(17)22/h2-5,12,18H,6-11H2,1H3,(H2,17,22)(H,19,21). The first-order valence-corrected chi connectivity index (χ1v) is 7.69. The van der Waals surface area contributed by atoms with Gasteiger partial charge in [-0.1, -0.05) is 12.1 Å². The second kappa shape index (κ2) is 7.79. The molecule has 4 N–H and O–H groups in total. The van der Waals surface area contributed by atoms with Gasteiger partial charge in [-0.05, 0) is 32.0 Å². The van der Waals surface area contributed by atoms with Crippen molar-refractivity contribution < 1.29 is 9.59 Å². The van der Waals surface area contributed by atoms with E-state index >= 15 is 0 Å². The van der Waals surface area contributed by atoms with Crippen LogP contribution < -0.4 is 21.3 Å². The Kier molecular flexibility index (Phi) is 5.77. The smallest absolute Gasteiger partial charge is 0.225 e. The summed E-state index contributed by atoms with van der Waals surface area (Å²) in [6.45, 7) is 2.20. The maximum Gasteiger partial charge on any atom is 0.225 e. The Labute approximate surface area is 131 Å². The van der Waals surface area contributed by atoms with Crippen molar-refractivity contribution in [1.29, 1.82) is 0 Å². The Hall–Kier alpha value is -2.08. The average molecular weight is 304 g/mol. The Morgan fingerprint density at radius 3 is 2.59 bits per heavy atom. The van der Waals surface area contributed by atoms with Gasteiger partial charge in [0.2, 0.25) is 11.8 Å². The number of piperidine rings is 1. The van der Waals surface area contributed by atoms with Gasteiger partial charge < -0.3 is 21.3 Å². The lowest BCUT2D eigenvalue weighted by molar-refractivity contribution is -0.122. The van der Waals surface area contributed by atoms with E-state index < -0.39 is 0 Å². The van der Waals surface area contributed by atoms with Crippen molar-refractivity contribution in [2.45, 2.75) is 19.3 Å². The van der Waals surface area contributed by atoms with E-state index in [1.165, 1.54) is 0 Å². The molecular weight excluding hydrogens is 280 g/mol. The molecule has 2 rings (SSSR count). The monoisotopic (exact) mass is 304 g/mol. The van der Waals surface area contributed by atoms with E-state index in [2.05, 4.69) is 15.5 Å². The van der Waals surface area contributed by atoms with Crippen molar-refractivity contribution in [2.24, 2.45) is 11.7 Å². The Morgan fingerprint density at radius 1 is 1.27 bits per heavy atom. The number of primary amides is 1. The molecule has 6 nitrogen and oxygen atoms in total. The lowest BCUT2D eigenvalue weighted by atomic mass is 9.96. The molecule has 1 aromatic rings. The topological polar surface area (TPSA) is 87.5 Å². The molecule has 0 aromatic heterocycles. The van der Waals surface area contributed by atoms with Gasteiger partial charge in [-0.15, -0.1) is 0 Å². The van der Waals surface area contributed by atoms with Gasteiger partial charge in [0.05, 0.1) is 11.4 Å². The highest BCUT2D eigenvalue weighted by Crippen LogP contribution is 2.29. The van der Waals surface area contributed by atoms with E-state index in [0.717, 1.165) is 37.3 Å². The van der Waals surface area contributed by atoms with Gasteiger partial charge in [-0.3, -0.25) is 9.59 Å². The van der Waals surface area contributed by atoms with Crippen LogP contribution in [-0.4, -0.2) is 38.5 Å². The van der Waals surface area contributed by atoms with Crippen LogP contribution in [0.2, 0.25) is 0 Å². The van der Waals surface area contributed by atoms with Crippen LogP contribution in [0.5, 0.6) is 0 Å². The SMILES string of the molecule is CNCCC(=O)Nc1ccccc1N1CCC(C(N)=O)CC1. The Bertz CT molecular complexity index is 525. The lowest BCUT2D eigenvalue weighted by Crippen LogP contribution is -2.38. The third kappa shape index (κ3) is 4.21. The molecule has 1 aliphatic rings. The first-order chi connectivity index (χ1) is 10.6. The van der Waals surface area contributed by atoms with Crippen LogP contribution in [-0.2, 0) is 9.59 Å². The molecule has 0 atom stereocenters. The molecule has 120 valence electrons. The summed E-state index contributed by atoms with van der Waals surface area (Å²) in [7, 11) is 1.82. The highest BCUT2D eigenvalue weighted by Gasteiger charge is 2.24. The minimum atomic E-state index is -0.215. The number of nitrogens with one attached hydrogen (secondary N) is 2. The molecule has 0 spiro atoms. The summed E-state index contributed by atoms with van der Waals surface area (Å²) < 4.78 is 0. The summed E-state index contributed by atoms with van der Waals surface area (Å²) >= 11 is 0. The van der Waals surface area contributed by atoms with Gasteiger partial charge in [-0.25, -0.2) is 0 Å². The van der Waals surface area contributed by atoms with Crippen molar-refractivity contribution >= 4 is 23.2 Å². The van der Waals surface area contributed by atoms with Gasteiger partial charge in [0.1, 0.15) is 0 Å². The molecule has 0 bridgehead atoms. The number of anilines is 2. The van der Waals surface area contributed by atoms with E-state index in [4.69, 9.17) is 5.73 Å². The van der Waals surface area contributed by atoms with E-state index in [-0.39, 0.29) is 17.7 Å². The first-order valence-electron chi connectivity index (χ1n) is 7.69. The maximum atomic E-state index is 11.9. The number of amides is 2. The fraction of sp³-hybridized carbons (Fsp3) is 0.500. The largest absolute Gasteiger partial charge is 0.370 e. The summed E-state index contributed by atoms with van der Waals surface area (Å²) in [5.74, 6) is -0.254. The summed E-state index contributed by atoms with van der Waals surface area (Å²) in [5.41, 5.74) is 7.20. The van der Waals surface area contributed by atoms with Crippen LogP contribution in [0.1, 0.15) is 19.3 Å². The molecule has 1 aliphatic heterocycles. The molecule has 1 aromatic carbocycles. The van der Waals surface area contributed by atoms with Crippen molar-refractivity contribution in [1.82, 2.24) is 5.32 Å². The number of benzene rings is 1. The van der Waals surface area contributed by atoms with Crippen LogP contribution in [0.4, 0.5) is 11.4 Å². The normalized spacial score (nSPS) is 15.6. The molecule has 0 unspecified atom stereocenters. The van der Waals surface area contributed by atoms with Gasteiger partial charge in [-0.2, -0.15) is 0 Å². The summed E-state index contributed by atoms with van der Waals surface area (Å²) in [5, 5.41) is 5.93. The number of para-hydroxylation sites is 2. The molecule has 0 saturated carbocycles. The number of carbonyl (C=O) groups excluding carboxylic acids is 2. The number of hydrogen-bond donors (Lipinski definition) is 3. The molecular formula is C16H24N4O2. The third-order valence-electron chi connectivity index (χ3n) is 4.02. The summed E-state index contributed by atoms with van der Waals surface area (Å²) in [4.78, 5) is 25.4. The zero-order valence-electron chi connectivity index (χ0n) is 13.0. The highest BCUT2D eigenvalue weighted by atomic mass is 16.2. The number of rotatable bonds is 6. The average Bonchev–Trinajstić information content (AvgIpc) is 2.53. The second-order valence-corrected chi connectivity index (χ2v) is 5.58. The zero-order chi connectivity index (χ0) is 15.9. The predicted octanol–water partition coefficient (Wildman–Crippen LogP) is 0.936. The summed E-state index contributed by atoms with van der Waals surface area (Å²) in [6.07, 6.45) is 1.96. The van der Waals surface area contributed by atoms with Crippen molar-refractivity contribution in [3.05, 3.63) is 24.3 Å². The van der Waals surface area contributed by atoms with E-state index in [9.17, 15) is 9.59 Å². The third-order valence-corrected chi connectivity index (χ3v) is 4.02. The first kappa shape index (κ1) is 16.3. The zero-order valence-corrected chi connectivity index (χ0v) is 13.0. The summed E-state index contributed by atoms with van der Waals surface area (Å²) in [6, 6.07) is 7.77. The maximum absolute atomic E-state index is 11.9. The van der Waals surface area contributed by atoms with Gasteiger partial charge in [0, 0.05) is 32.0 Å². The van der Waals surface area contributed by atoms with Crippen LogP contribution >= 0.6 is 0 Å². The van der Waals surface area contributed by atoms with Crippen LogP contribution in [0, 0.1) is 5.92 Å². The number of hydrogen-bond acceptors (Lipinski definition) is 4. The van der Waals surface area contributed by atoms with Gasteiger partial charge >= 0.3 is 0 Å². The van der Waals surface area contributed by atoms with E-state index in [1.54, 1.807) is 0 Å². The molecule has 1 fully saturated rings. The molecule has 2 amide bonds. The van der Waals surface area contributed by atoms with Crippen LogP contribution in [0.15, 0.2) is 24.3 Å². The van der Waals surface area contributed by atoms with Gasteiger partial charge in [0.25, 0.3) is 0 Å². The van der Waals surface area contributed by atoms with Crippen molar-refractivity contribution in [3.8, 4) is 0 Å². The molecule has 22 heavy (non-hydrogen) atoms. The fourth-order valence-corrected chi connectivity index (χ4v) is 2.71. The van der Waals surface area contributed by atoms with E-state index in [0.29, 0.717) is 13.0 Å². The van der Waals surface area contributed by atoms with Crippen molar-refractivity contribution in [3.63, 3.8) is 0 Å². The molecule has 0 radical (unpaired) electrons.